The molecule has 0 bridgehead atoms. The van der Waals surface area contributed by atoms with Crippen LogP contribution in [0, 0.1) is 12.7 Å². The highest BCUT2D eigenvalue weighted by atomic mass is 35.5. The fraction of sp³-hybridized carbons (Fsp3) is 0.263. The molecule has 4 nitrogen and oxygen atoms in total. The first-order valence-electron chi connectivity index (χ1n) is 8.09. The van der Waals surface area contributed by atoms with Gasteiger partial charge in [0, 0.05) is 17.1 Å². The molecule has 6 heteroatoms. The van der Waals surface area contributed by atoms with Gasteiger partial charge < -0.3 is 10.6 Å². The molecule has 0 unspecified atom stereocenters. The van der Waals surface area contributed by atoms with E-state index in [1.165, 1.54) is 12.1 Å². The van der Waals surface area contributed by atoms with Crippen LogP contribution in [0.15, 0.2) is 36.4 Å². The number of carbonyl (C=O) groups is 2. The van der Waals surface area contributed by atoms with Gasteiger partial charge in [-0.1, -0.05) is 23.7 Å². The Balaban J connectivity index is 1.94. The van der Waals surface area contributed by atoms with E-state index in [1.54, 1.807) is 18.2 Å². The number of rotatable bonds is 1. The number of fused-ring (bicyclic) bond motifs is 2. The lowest BCUT2D eigenvalue weighted by molar-refractivity contribution is -0.130. The van der Waals surface area contributed by atoms with Crippen LogP contribution >= 0.6 is 11.6 Å². The molecule has 2 aliphatic rings. The number of aryl methyl sites for hydroxylation is 1. The number of benzene rings is 2. The molecule has 2 aromatic carbocycles. The highest BCUT2D eigenvalue weighted by molar-refractivity contribution is 6.31. The molecule has 2 aliphatic heterocycles. The summed E-state index contributed by atoms with van der Waals surface area (Å²) in [4.78, 5) is 25.1. The predicted octanol–water partition coefficient (Wildman–Crippen LogP) is 3.63. The standard InChI is InChI=1S/C19H16ClFN2O2/c1-10-2-4-12(21)9-13(10)17-19(7-6-16(24)23-17)14-5-3-11(20)8-15(14)22-18(19)25/h2-5,8-9,17H,6-7H2,1H3,(H,22,25)(H,23,24)/t17-,19-/m1/s1. The van der Waals surface area contributed by atoms with Gasteiger partial charge in [-0.2, -0.15) is 0 Å². The molecule has 128 valence electrons. The van der Waals surface area contributed by atoms with Gasteiger partial charge in [-0.3, -0.25) is 9.59 Å². The first-order valence-corrected chi connectivity index (χ1v) is 8.46. The number of piperidine rings is 1. The van der Waals surface area contributed by atoms with Gasteiger partial charge in [0.25, 0.3) is 0 Å². The van der Waals surface area contributed by atoms with Crippen molar-refractivity contribution in [3.05, 3.63) is 63.9 Å². The minimum absolute atomic E-state index is 0.144. The minimum Gasteiger partial charge on any atom is -0.348 e. The molecule has 1 spiro atoms. The zero-order chi connectivity index (χ0) is 17.8. The third-order valence-corrected chi connectivity index (χ3v) is 5.45. The maximum Gasteiger partial charge on any atom is 0.237 e. The number of nitrogens with one attached hydrogen (secondary N) is 2. The molecular formula is C19H16ClFN2O2. The lowest BCUT2D eigenvalue weighted by Crippen LogP contribution is -2.52. The summed E-state index contributed by atoms with van der Waals surface area (Å²) in [5.41, 5.74) is 1.91. The Morgan fingerprint density at radius 2 is 2.00 bits per heavy atom. The van der Waals surface area contributed by atoms with Crippen molar-refractivity contribution in [3.8, 4) is 0 Å². The number of carbonyl (C=O) groups excluding carboxylic acids is 2. The zero-order valence-electron chi connectivity index (χ0n) is 13.5. The van der Waals surface area contributed by atoms with Crippen molar-refractivity contribution in [2.75, 3.05) is 5.32 Å². The summed E-state index contributed by atoms with van der Waals surface area (Å²) in [6.07, 6.45) is 0.597. The molecule has 1 fully saturated rings. The van der Waals surface area contributed by atoms with Gasteiger partial charge in [0.15, 0.2) is 0 Å². The van der Waals surface area contributed by atoms with Crippen molar-refractivity contribution in [3.63, 3.8) is 0 Å². The molecule has 1 saturated heterocycles. The van der Waals surface area contributed by atoms with Crippen molar-refractivity contribution < 1.29 is 14.0 Å². The number of amides is 2. The number of anilines is 1. The van der Waals surface area contributed by atoms with Crippen LogP contribution in [0.4, 0.5) is 10.1 Å². The monoisotopic (exact) mass is 358 g/mol. The molecule has 25 heavy (non-hydrogen) atoms. The second-order valence-electron chi connectivity index (χ2n) is 6.62. The summed E-state index contributed by atoms with van der Waals surface area (Å²) < 4.78 is 13.9. The van der Waals surface area contributed by atoms with Crippen LogP contribution in [0.25, 0.3) is 0 Å². The highest BCUT2D eigenvalue weighted by Crippen LogP contribution is 2.51. The lowest BCUT2D eigenvalue weighted by Gasteiger charge is -2.41. The second-order valence-corrected chi connectivity index (χ2v) is 7.05. The first kappa shape index (κ1) is 16.1. The number of hydrogen-bond acceptors (Lipinski definition) is 2. The van der Waals surface area contributed by atoms with Crippen LogP contribution in [0.1, 0.15) is 35.6 Å². The van der Waals surface area contributed by atoms with E-state index >= 15 is 0 Å². The number of halogens is 2. The van der Waals surface area contributed by atoms with Gasteiger partial charge in [-0.25, -0.2) is 4.39 Å². The van der Waals surface area contributed by atoms with Crippen LogP contribution in [-0.2, 0) is 15.0 Å². The fourth-order valence-electron chi connectivity index (χ4n) is 3.98. The molecule has 0 radical (unpaired) electrons. The van der Waals surface area contributed by atoms with E-state index in [-0.39, 0.29) is 18.2 Å². The Bertz CT molecular complexity index is 914. The van der Waals surface area contributed by atoms with E-state index in [9.17, 15) is 14.0 Å². The van der Waals surface area contributed by atoms with Crippen LogP contribution in [-0.4, -0.2) is 11.8 Å². The van der Waals surface area contributed by atoms with E-state index in [4.69, 9.17) is 11.6 Å². The van der Waals surface area contributed by atoms with Gasteiger partial charge in [-0.05, 0) is 54.3 Å². The maximum atomic E-state index is 13.9. The summed E-state index contributed by atoms with van der Waals surface area (Å²) >= 11 is 6.05. The Hall–Kier alpha value is -2.40. The summed E-state index contributed by atoms with van der Waals surface area (Å²) in [5.74, 6) is -0.738. The summed E-state index contributed by atoms with van der Waals surface area (Å²) in [5, 5.41) is 6.32. The van der Waals surface area contributed by atoms with E-state index in [0.29, 0.717) is 22.7 Å². The summed E-state index contributed by atoms with van der Waals surface area (Å²) in [7, 11) is 0. The summed E-state index contributed by atoms with van der Waals surface area (Å²) in [6.45, 7) is 1.85. The number of hydrogen-bond donors (Lipinski definition) is 2. The summed E-state index contributed by atoms with van der Waals surface area (Å²) in [6, 6.07) is 9.05. The molecule has 2 amide bonds. The smallest absolute Gasteiger partial charge is 0.237 e. The van der Waals surface area contributed by atoms with Gasteiger partial charge >= 0.3 is 0 Å². The van der Waals surface area contributed by atoms with E-state index in [2.05, 4.69) is 10.6 Å². The van der Waals surface area contributed by atoms with E-state index < -0.39 is 17.3 Å². The van der Waals surface area contributed by atoms with Gasteiger partial charge in [0.05, 0.1) is 6.04 Å². The molecule has 4 rings (SSSR count). The van der Waals surface area contributed by atoms with Crippen molar-refractivity contribution in [1.29, 1.82) is 0 Å². The van der Waals surface area contributed by atoms with Gasteiger partial charge in [0.2, 0.25) is 11.8 Å². The molecule has 2 atom stereocenters. The zero-order valence-corrected chi connectivity index (χ0v) is 14.3. The minimum atomic E-state index is -0.966. The second kappa shape index (κ2) is 5.56. The fourth-order valence-corrected chi connectivity index (χ4v) is 4.15. The Morgan fingerprint density at radius 3 is 2.80 bits per heavy atom. The topological polar surface area (TPSA) is 58.2 Å². The molecule has 0 saturated carbocycles. The SMILES string of the molecule is Cc1ccc(F)cc1[C@H]1NC(=O)CC[C@]12C(=O)Nc1cc(Cl)ccc12. The van der Waals surface area contributed by atoms with Crippen LogP contribution < -0.4 is 10.6 Å². The van der Waals surface area contributed by atoms with Crippen molar-refractivity contribution in [2.24, 2.45) is 0 Å². The third kappa shape index (κ3) is 2.34. The Kier molecular flexibility index (Phi) is 3.58. The molecule has 2 heterocycles. The first-order chi connectivity index (χ1) is 11.9. The largest absolute Gasteiger partial charge is 0.348 e. The molecule has 2 N–H and O–H groups in total. The molecular weight excluding hydrogens is 343 g/mol. The quantitative estimate of drug-likeness (QED) is 0.817. The average Bonchev–Trinajstić information content (AvgIpc) is 2.84. The van der Waals surface area contributed by atoms with Gasteiger partial charge in [-0.15, -0.1) is 0 Å². The lowest BCUT2D eigenvalue weighted by atomic mass is 9.67. The molecule has 0 aromatic heterocycles. The van der Waals surface area contributed by atoms with Crippen LogP contribution in [0.2, 0.25) is 5.02 Å². The van der Waals surface area contributed by atoms with Crippen molar-refractivity contribution in [1.82, 2.24) is 5.32 Å². The Labute approximate surface area is 149 Å². The van der Waals surface area contributed by atoms with Crippen molar-refractivity contribution in [2.45, 2.75) is 31.2 Å². The Morgan fingerprint density at radius 1 is 1.20 bits per heavy atom. The average molecular weight is 359 g/mol. The van der Waals surface area contributed by atoms with E-state index in [0.717, 1.165) is 11.1 Å². The normalized spacial score (nSPS) is 24.8. The maximum absolute atomic E-state index is 13.9. The van der Waals surface area contributed by atoms with Crippen LogP contribution in [0.5, 0.6) is 0 Å². The van der Waals surface area contributed by atoms with Gasteiger partial charge in [0.1, 0.15) is 11.2 Å². The predicted molar refractivity (Wildman–Crippen MR) is 93.0 cm³/mol. The van der Waals surface area contributed by atoms with Crippen molar-refractivity contribution >= 4 is 29.1 Å². The molecule has 2 aromatic rings. The molecule has 0 aliphatic carbocycles. The third-order valence-electron chi connectivity index (χ3n) is 5.21. The van der Waals surface area contributed by atoms with E-state index in [1.807, 2.05) is 13.0 Å². The van der Waals surface area contributed by atoms with Crippen LogP contribution in [0.3, 0.4) is 0 Å². The highest BCUT2D eigenvalue weighted by Gasteiger charge is 2.55.